The number of carbonyl (C=O) groups excluding carboxylic acids is 1. The fraction of sp³-hybridized carbons (Fsp3) is 0.706. The van der Waals surface area contributed by atoms with Crippen LogP contribution in [-0.2, 0) is 4.74 Å². The van der Waals surface area contributed by atoms with E-state index in [0.29, 0.717) is 5.92 Å². The Morgan fingerprint density at radius 1 is 1.48 bits per heavy atom. The Balaban J connectivity index is 1.84. The number of hydrogen-bond donors (Lipinski definition) is 0. The standard InChI is InChI=1S/C17H28N4O2/c1-13(15-10-18-7-8-19-15)20(5)11-14-6-9-21(12-14)16(22)23-17(2,3)4/h7-8,10,13-14H,6,9,11-12H2,1-5H3/t13-,14-/m1/s1. The van der Waals surface area contributed by atoms with Crippen LogP contribution >= 0.6 is 0 Å². The van der Waals surface area contributed by atoms with E-state index in [1.807, 2.05) is 31.9 Å². The minimum absolute atomic E-state index is 0.204. The lowest BCUT2D eigenvalue weighted by atomic mass is 10.1. The van der Waals surface area contributed by atoms with E-state index < -0.39 is 5.60 Å². The second-order valence-corrected chi connectivity index (χ2v) is 7.33. The van der Waals surface area contributed by atoms with E-state index in [-0.39, 0.29) is 12.1 Å². The van der Waals surface area contributed by atoms with E-state index in [1.165, 1.54) is 0 Å². The number of carbonyl (C=O) groups is 1. The first kappa shape index (κ1) is 17.7. The van der Waals surface area contributed by atoms with Gasteiger partial charge in [-0.1, -0.05) is 0 Å². The molecule has 2 atom stereocenters. The molecule has 1 aliphatic heterocycles. The van der Waals surface area contributed by atoms with Crippen molar-refractivity contribution in [3.05, 3.63) is 24.3 Å². The molecule has 0 spiro atoms. The fourth-order valence-electron chi connectivity index (χ4n) is 2.79. The molecule has 1 aromatic rings. The molecule has 0 saturated carbocycles. The molecule has 1 amide bonds. The Morgan fingerprint density at radius 3 is 2.83 bits per heavy atom. The first-order chi connectivity index (χ1) is 10.8. The molecule has 0 aliphatic carbocycles. The van der Waals surface area contributed by atoms with Gasteiger partial charge in [-0.15, -0.1) is 0 Å². The zero-order valence-corrected chi connectivity index (χ0v) is 14.8. The molecule has 1 aliphatic rings. The molecule has 128 valence electrons. The average molecular weight is 320 g/mol. The molecule has 2 heterocycles. The van der Waals surface area contributed by atoms with Crippen LogP contribution < -0.4 is 0 Å². The topological polar surface area (TPSA) is 58.6 Å². The Bertz CT molecular complexity index is 515. The SMILES string of the molecule is C[C@H](c1cnccn1)N(C)C[C@H]1CCN(C(=O)OC(C)(C)C)C1. The molecule has 0 aromatic carbocycles. The summed E-state index contributed by atoms with van der Waals surface area (Å²) < 4.78 is 5.45. The zero-order valence-electron chi connectivity index (χ0n) is 14.8. The van der Waals surface area contributed by atoms with Gasteiger partial charge >= 0.3 is 6.09 Å². The molecule has 1 fully saturated rings. The van der Waals surface area contributed by atoms with Crippen LogP contribution in [0.2, 0.25) is 0 Å². The third kappa shape index (κ3) is 5.16. The van der Waals surface area contributed by atoms with Crippen molar-refractivity contribution in [2.24, 2.45) is 5.92 Å². The van der Waals surface area contributed by atoms with Gasteiger partial charge in [0.05, 0.1) is 11.7 Å². The summed E-state index contributed by atoms with van der Waals surface area (Å²) in [5.41, 5.74) is 0.531. The largest absolute Gasteiger partial charge is 0.444 e. The molecule has 6 heteroatoms. The molecule has 23 heavy (non-hydrogen) atoms. The van der Waals surface area contributed by atoms with Crippen LogP contribution in [-0.4, -0.2) is 58.1 Å². The highest BCUT2D eigenvalue weighted by molar-refractivity contribution is 5.68. The van der Waals surface area contributed by atoms with Crippen molar-refractivity contribution >= 4 is 6.09 Å². The van der Waals surface area contributed by atoms with Crippen molar-refractivity contribution in [3.63, 3.8) is 0 Å². The molecule has 0 N–H and O–H groups in total. The van der Waals surface area contributed by atoms with E-state index in [4.69, 9.17) is 4.74 Å². The lowest BCUT2D eigenvalue weighted by Gasteiger charge is -2.27. The molecule has 2 rings (SSSR count). The summed E-state index contributed by atoms with van der Waals surface area (Å²) in [6.45, 7) is 10.3. The lowest BCUT2D eigenvalue weighted by molar-refractivity contribution is 0.0285. The molecule has 0 unspecified atom stereocenters. The predicted octanol–water partition coefficient (Wildman–Crippen LogP) is 2.73. The molecule has 0 radical (unpaired) electrons. The van der Waals surface area contributed by atoms with Crippen molar-refractivity contribution in [1.29, 1.82) is 0 Å². The van der Waals surface area contributed by atoms with Crippen LogP contribution in [0.25, 0.3) is 0 Å². The second kappa shape index (κ2) is 7.25. The van der Waals surface area contributed by atoms with Crippen LogP contribution in [0, 0.1) is 5.92 Å². The van der Waals surface area contributed by atoms with Gasteiger partial charge in [0.25, 0.3) is 0 Å². The summed E-state index contributed by atoms with van der Waals surface area (Å²) in [7, 11) is 2.09. The quantitative estimate of drug-likeness (QED) is 0.854. The molecule has 1 saturated heterocycles. The number of hydrogen-bond acceptors (Lipinski definition) is 5. The summed E-state index contributed by atoms with van der Waals surface area (Å²) in [6, 6.07) is 0.208. The lowest BCUT2D eigenvalue weighted by Crippen LogP contribution is -2.36. The van der Waals surface area contributed by atoms with Crippen LogP contribution in [0.5, 0.6) is 0 Å². The number of amides is 1. The summed E-state index contributed by atoms with van der Waals surface area (Å²) in [4.78, 5) is 24.7. The average Bonchev–Trinajstić information content (AvgIpc) is 2.94. The summed E-state index contributed by atoms with van der Waals surface area (Å²) >= 11 is 0. The highest BCUT2D eigenvalue weighted by Crippen LogP contribution is 2.23. The van der Waals surface area contributed by atoms with Crippen molar-refractivity contribution < 1.29 is 9.53 Å². The number of likely N-dealkylation sites (tertiary alicyclic amines) is 1. The normalized spacial score (nSPS) is 19.9. The van der Waals surface area contributed by atoms with Gasteiger partial charge in [0.1, 0.15) is 5.60 Å². The summed E-state index contributed by atoms with van der Waals surface area (Å²) in [6.07, 6.45) is 6.02. The fourth-order valence-corrected chi connectivity index (χ4v) is 2.79. The zero-order chi connectivity index (χ0) is 17.0. The molecule has 0 bridgehead atoms. The first-order valence-electron chi connectivity index (χ1n) is 8.20. The Hall–Kier alpha value is -1.69. The van der Waals surface area contributed by atoms with E-state index in [9.17, 15) is 4.79 Å². The van der Waals surface area contributed by atoms with Gasteiger partial charge in [0, 0.05) is 38.2 Å². The van der Waals surface area contributed by atoms with Crippen LogP contribution in [0.3, 0.4) is 0 Å². The van der Waals surface area contributed by atoms with Gasteiger partial charge in [-0.25, -0.2) is 4.79 Å². The third-order valence-corrected chi connectivity index (χ3v) is 4.16. The smallest absolute Gasteiger partial charge is 0.410 e. The minimum atomic E-state index is -0.438. The number of nitrogens with zero attached hydrogens (tertiary/aromatic N) is 4. The van der Waals surface area contributed by atoms with E-state index in [2.05, 4.69) is 28.8 Å². The van der Waals surface area contributed by atoms with Crippen molar-refractivity contribution in [3.8, 4) is 0 Å². The third-order valence-electron chi connectivity index (χ3n) is 4.16. The van der Waals surface area contributed by atoms with E-state index >= 15 is 0 Å². The number of aromatic nitrogens is 2. The van der Waals surface area contributed by atoms with Gasteiger partial charge in [-0.3, -0.25) is 14.9 Å². The molecule has 1 aromatic heterocycles. The maximum Gasteiger partial charge on any atom is 0.410 e. The van der Waals surface area contributed by atoms with Gasteiger partial charge < -0.3 is 9.64 Å². The van der Waals surface area contributed by atoms with Crippen LogP contribution in [0.1, 0.15) is 45.9 Å². The molecular formula is C17H28N4O2. The van der Waals surface area contributed by atoms with E-state index in [1.54, 1.807) is 12.4 Å². The Kier molecular flexibility index (Phi) is 5.57. The number of ether oxygens (including phenoxy) is 1. The Labute approximate surface area is 138 Å². The molecule has 6 nitrogen and oxygen atoms in total. The van der Waals surface area contributed by atoms with Crippen LogP contribution in [0.15, 0.2) is 18.6 Å². The van der Waals surface area contributed by atoms with Crippen molar-refractivity contribution in [1.82, 2.24) is 19.8 Å². The molecular weight excluding hydrogens is 292 g/mol. The minimum Gasteiger partial charge on any atom is -0.444 e. The highest BCUT2D eigenvalue weighted by atomic mass is 16.6. The summed E-state index contributed by atoms with van der Waals surface area (Å²) in [5, 5.41) is 0. The van der Waals surface area contributed by atoms with Gasteiger partial charge in [-0.05, 0) is 47.1 Å². The number of rotatable bonds is 4. The maximum atomic E-state index is 12.1. The predicted molar refractivity (Wildman–Crippen MR) is 89.0 cm³/mol. The summed E-state index contributed by atoms with van der Waals surface area (Å²) in [5.74, 6) is 0.464. The van der Waals surface area contributed by atoms with Gasteiger partial charge in [0.2, 0.25) is 0 Å². The van der Waals surface area contributed by atoms with Crippen LogP contribution in [0.4, 0.5) is 4.79 Å². The second-order valence-electron chi connectivity index (χ2n) is 7.33. The monoisotopic (exact) mass is 320 g/mol. The first-order valence-corrected chi connectivity index (χ1v) is 8.20. The highest BCUT2D eigenvalue weighted by Gasteiger charge is 2.31. The Morgan fingerprint density at radius 2 is 2.22 bits per heavy atom. The van der Waals surface area contributed by atoms with Gasteiger partial charge in [0.15, 0.2) is 0 Å². The van der Waals surface area contributed by atoms with Crippen molar-refractivity contribution in [2.75, 3.05) is 26.7 Å². The van der Waals surface area contributed by atoms with E-state index in [0.717, 1.165) is 31.7 Å². The van der Waals surface area contributed by atoms with Gasteiger partial charge in [-0.2, -0.15) is 0 Å². The van der Waals surface area contributed by atoms with Crippen molar-refractivity contribution in [2.45, 2.75) is 45.8 Å². The maximum absolute atomic E-state index is 12.1.